The van der Waals surface area contributed by atoms with Gasteiger partial charge in [0.2, 0.25) is 10.0 Å². The van der Waals surface area contributed by atoms with E-state index in [1.807, 2.05) is 12.1 Å². The second-order valence-corrected chi connectivity index (χ2v) is 8.18. The number of benzene rings is 1. The molecule has 1 aliphatic rings. The maximum Gasteiger partial charge on any atom is 0.240 e. The summed E-state index contributed by atoms with van der Waals surface area (Å²) in [6.45, 7) is 4.66. The Hall–Kier alpha value is -0.910. The molecule has 0 aromatic heterocycles. The molecule has 0 radical (unpaired) electrons. The van der Waals surface area contributed by atoms with Crippen molar-refractivity contribution >= 4 is 10.0 Å². The van der Waals surface area contributed by atoms with Crippen molar-refractivity contribution in [2.45, 2.75) is 62.9 Å². The summed E-state index contributed by atoms with van der Waals surface area (Å²) in [5.41, 5.74) is 1.16. The van der Waals surface area contributed by atoms with E-state index in [-0.39, 0.29) is 12.0 Å². The van der Waals surface area contributed by atoms with Crippen LogP contribution in [0.15, 0.2) is 29.2 Å². The Labute approximate surface area is 134 Å². The van der Waals surface area contributed by atoms with E-state index in [0.29, 0.717) is 23.8 Å². The van der Waals surface area contributed by atoms with Crippen LogP contribution in [0.1, 0.15) is 57.4 Å². The maximum atomic E-state index is 12.3. The molecule has 0 aliphatic heterocycles. The van der Waals surface area contributed by atoms with Crippen LogP contribution < -0.4 is 4.72 Å². The van der Waals surface area contributed by atoms with Crippen molar-refractivity contribution in [1.29, 1.82) is 0 Å². The van der Waals surface area contributed by atoms with Gasteiger partial charge in [-0.15, -0.1) is 0 Å². The number of rotatable bonds is 6. The topological polar surface area (TPSA) is 66.4 Å². The average molecular weight is 325 g/mol. The van der Waals surface area contributed by atoms with Crippen LogP contribution >= 0.6 is 0 Å². The van der Waals surface area contributed by atoms with Crippen molar-refractivity contribution in [3.8, 4) is 0 Å². The molecule has 0 spiro atoms. The van der Waals surface area contributed by atoms with Crippen LogP contribution in [-0.4, -0.2) is 26.2 Å². The third kappa shape index (κ3) is 4.54. The molecule has 0 heterocycles. The van der Waals surface area contributed by atoms with E-state index in [1.165, 1.54) is 0 Å². The summed E-state index contributed by atoms with van der Waals surface area (Å²) >= 11 is 0. The number of nitrogens with one attached hydrogen (secondary N) is 1. The second-order valence-electron chi connectivity index (χ2n) is 6.42. The zero-order valence-corrected chi connectivity index (χ0v) is 14.3. The number of sulfonamides is 1. The Morgan fingerprint density at radius 1 is 1.27 bits per heavy atom. The van der Waals surface area contributed by atoms with Gasteiger partial charge in [-0.1, -0.05) is 32.4 Å². The third-order valence-corrected chi connectivity index (χ3v) is 6.13. The normalized spacial score (nSPS) is 24.1. The fraction of sp³-hybridized carbons (Fsp3) is 0.647. The number of aliphatic hydroxyl groups excluding tert-OH is 1. The molecular formula is C17H27NO3S. The van der Waals surface area contributed by atoms with E-state index in [0.717, 1.165) is 31.2 Å². The first-order valence-electron chi connectivity index (χ1n) is 8.20. The lowest BCUT2D eigenvalue weighted by atomic mass is 9.87. The molecule has 124 valence electrons. The molecule has 1 aromatic rings. The Morgan fingerprint density at radius 3 is 2.55 bits per heavy atom. The van der Waals surface area contributed by atoms with E-state index < -0.39 is 10.0 Å². The van der Waals surface area contributed by atoms with Crippen LogP contribution in [0.4, 0.5) is 0 Å². The summed E-state index contributed by atoms with van der Waals surface area (Å²) in [6, 6.07) is 7.15. The molecule has 5 heteroatoms. The molecule has 0 bridgehead atoms. The van der Waals surface area contributed by atoms with Crippen molar-refractivity contribution in [2.24, 2.45) is 5.92 Å². The average Bonchev–Trinajstić information content (AvgIpc) is 2.52. The van der Waals surface area contributed by atoms with Gasteiger partial charge in [-0.25, -0.2) is 13.1 Å². The van der Waals surface area contributed by atoms with Crippen LogP contribution in [0.3, 0.4) is 0 Å². The maximum absolute atomic E-state index is 12.3. The molecule has 3 atom stereocenters. The fourth-order valence-corrected chi connectivity index (χ4v) is 4.09. The highest BCUT2D eigenvalue weighted by molar-refractivity contribution is 7.89. The van der Waals surface area contributed by atoms with E-state index in [4.69, 9.17) is 0 Å². The van der Waals surface area contributed by atoms with Crippen molar-refractivity contribution in [1.82, 2.24) is 4.72 Å². The molecule has 1 fully saturated rings. The lowest BCUT2D eigenvalue weighted by Crippen LogP contribution is -2.33. The summed E-state index contributed by atoms with van der Waals surface area (Å²) in [5, 5.41) is 9.65. The van der Waals surface area contributed by atoms with Crippen LogP contribution in [0.2, 0.25) is 0 Å². The van der Waals surface area contributed by atoms with Crippen molar-refractivity contribution in [3.05, 3.63) is 29.8 Å². The first kappa shape index (κ1) is 17.4. The summed E-state index contributed by atoms with van der Waals surface area (Å²) in [5.74, 6) is 0.673. The van der Waals surface area contributed by atoms with Gasteiger partial charge >= 0.3 is 0 Å². The molecular weight excluding hydrogens is 298 g/mol. The molecule has 1 aliphatic carbocycles. The van der Waals surface area contributed by atoms with Gasteiger partial charge in [0.15, 0.2) is 0 Å². The second kappa shape index (κ2) is 7.57. The van der Waals surface area contributed by atoms with Gasteiger partial charge in [0.1, 0.15) is 0 Å². The van der Waals surface area contributed by atoms with E-state index in [2.05, 4.69) is 18.6 Å². The largest absolute Gasteiger partial charge is 0.393 e. The minimum absolute atomic E-state index is 0.234. The lowest BCUT2D eigenvalue weighted by Gasteiger charge is -2.25. The zero-order valence-electron chi connectivity index (χ0n) is 13.5. The summed E-state index contributed by atoms with van der Waals surface area (Å²) in [6.07, 6.45) is 4.23. The zero-order chi connectivity index (χ0) is 16.2. The van der Waals surface area contributed by atoms with Crippen molar-refractivity contribution in [3.63, 3.8) is 0 Å². The molecule has 0 amide bonds. The lowest BCUT2D eigenvalue weighted by molar-refractivity contribution is 0.102. The van der Waals surface area contributed by atoms with Gasteiger partial charge in [0.05, 0.1) is 11.0 Å². The van der Waals surface area contributed by atoms with E-state index >= 15 is 0 Å². The number of aliphatic hydroxyl groups is 1. The summed E-state index contributed by atoms with van der Waals surface area (Å²) < 4.78 is 27.4. The molecule has 2 rings (SSSR count). The van der Waals surface area contributed by atoms with Gasteiger partial charge in [-0.05, 0) is 55.2 Å². The number of hydrogen-bond acceptors (Lipinski definition) is 3. The predicted octanol–water partition coefficient (Wildman–Crippen LogP) is 3.03. The van der Waals surface area contributed by atoms with Crippen LogP contribution in [0.5, 0.6) is 0 Å². The first-order valence-corrected chi connectivity index (χ1v) is 9.68. The Morgan fingerprint density at radius 2 is 1.95 bits per heavy atom. The SMILES string of the molecule is CCC(C)c1ccc(S(=O)(=O)NCC2CCCC(O)C2)cc1. The van der Waals surface area contributed by atoms with E-state index in [9.17, 15) is 13.5 Å². The molecule has 3 unspecified atom stereocenters. The highest BCUT2D eigenvalue weighted by atomic mass is 32.2. The molecule has 0 saturated heterocycles. The van der Waals surface area contributed by atoms with Crippen molar-refractivity contribution < 1.29 is 13.5 Å². The van der Waals surface area contributed by atoms with Gasteiger partial charge in [0, 0.05) is 6.54 Å². The summed E-state index contributed by atoms with van der Waals surface area (Å²) in [4.78, 5) is 0.316. The minimum Gasteiger partial charge on any atom is -0.393 e. The van der Waals surface area contributed by atoms with Crippen LogP contribution in [-0.2, 0) is 10.0 Å². The molecule has 4 nitrogen and oxygen atoms in total. The smallest absolute Gasteiger partial charge is 0.240 e. The van der Waals surface area contributed by atoms with Gasteiger partial charge in [-0.2, -0.15) is 0 Å². The fourth-order valence-electron chi connectivity index (χ4n) is 2.97. The van der Waals surface area contributed by atoms with Gasteiger partial charge in [-0.3, -0.25) is 0 Å². The number of hydrogen-bond donors (Lipinski definition) is 2. The highest BCUT2D eigenvalue weighted by Crippen LogP contribution is 2.24. The predicted molar refractivity (Wildman–Crippen MR) is 88.3 cm³/mol. The summed E-state index contributed by atoms with van der Waals surface area (Å²) in [7, 11) is -3.46. The Kier molecular flexibility index (Phi) is 6.01. The highest BCUT2D eigenvalue weighted by Gasteiger charge is 2.22. The Bertz CT molecular complexity index is 568. The molecule has 1 saturated carbocycles. The van der Waals surface area contributed by atoms with Gasteiger partial charge < -0.3 is 5.11 Å². The first-order chi connectivity index (χ1) is 10.4. The van der Waals surface area contributed by atoms with Gasteiger partial charge in [0.25, 0.3) is 0 Å². The third-order valence-electron chi connectivity index (χ3n) is 4.69. The quantitative estimate of drug-likeness (QED) is 0.845. The Balaban J connectivity index is 1.97. The van der Waals surface area contributed by atoms with Crippen molar-refractivity contribution in [2.75, 3.05) is 6.54 Å². The van der Waals surface area contributed by atoms with E-state index in [1.54, 1.807) is 12.1 Å². The monoisotopic (exact) mass is 325 g/mol. The molecule has 1 aromatic carbocycles. The van der Waals surface area contributed by atoms with Crippen LogP contribution in [0, 0.1) is 5.92 Å². The molecule has 2 N–H and O–H groups in total. The van der Waals surface area contributed by atoms with Crippen LogP contribution in [0.25, 0.3) is 0 Å². The minimum atomic E-state index is -3.46. The molecule has 22 heavy (non-hydrogen) atoms. The standard InChI is InChI=1S/C17H27NO3S/c1-3-13(2)15-7-9-17(10-8-15)22(20,21)18-12-14-5-4-6-16(19)11-14/h7-10,13-14,16,18-19H,3-6,11-12H2,1-2H3.